The van der Waals surface area contributed by atoms with Crippen LogP contribution in [0.1, 0.15) is 32.6 Å². The van der Waals surface area contributed by atoms with E-state index in [1.54, 1.807) is 0 Å². The Labute approximate surface area is 69.6 Å². The third-order valence-electron chi connectivity index (χ3n) is 2.44. The molecule has 0 amide bonds. The van der Waals surface area contributed by atoms with E-state index in [1.807, 2.05) is 0 Å². The van der Waals surface area contributed by atoms with Gasteiger partial charge in [0, 0.05) is 12.5 Å². The summed E-state index contributed by atoms with van der Waals surface area (Å²) in [7, 11) is 0. The highest BCUT2D eigenvalue weighted by molar-refractivity contribution is 4.91. The van der Waals surface area contributed by atoms with Crippen molar-refractivity contribution in [3.8, 4) is 12.3 Å². The molecule has 0 spiro atoms. The monoisotopic (exact) mass is 151 g/mol. The number of nitrogens with one attached hydrogen (secondary N) is 1. The second-order valence-electron chi connectivity index (χ2n) is 3.34. The Bertz CT molecular complexity index is 145. The first kappa shape index (κ1) is 8.62. The third kappa shape index (κ3) is 2.55. The second kappa shape index (κ2) is 4.41. The minimum absolute atomic E-state index is 0.748. The van der Waals surface area contributed by atoms with Gasteiger partial charge in [-0.15, -0.1) is 12.3 Å². The van der Waals surface area contributed by atoms with E-state index in [-0.39, 0.29) is 0 Å². The molecule has 0 aromatic heterocycles. The van der Waals surface area contributed by atoms with Crippen molar-refractivity contribution in [2.75, 3.05) is 6.54 Å². The van der Waals surface area contributed by atoms with Crippen molar-refractivity contribution < 1.29 is 0 Å². The molecule has 0 aromatic rings. The summed E-state index contributed by atoms with van der Waals surface area (Å²) in [6, 6.07) is 0.748. The van der Waals surface area contributed by atoms with Gasteiger partial charge >= 0.3 is 0 Å². The van der Waals surface area contributed by atoms with Gasteiger partial charge in [0.05, 0.1) is 0 Å². The molecule has 1 heteroatoms. The topological polar surface area (TPSA) is 12.0 Å². The maximum Gasteiger partial charge on any atom is 0.0115 e. The highest BCUT2D eigenvalue weighted by Crippen LogP contribution is 2.27. The molecule has 2 unspecified atom stereocenters. The molecule has 62 valence electrons. The molecule has 1 aliphatic carbocycles. The van der Waals surface area contributed by atoms with E-state index in [2.05, 4.69) is 18.2 Å². The lowest BCUT2D eigenvalue weighted by Crippen LogP contribution is -2.25. The number of hydrogen-bond acceptors (Lipinski definition) is 1. The van der Waals surface area contributed by atoms with Crippen LogP contribution in [0, 0.1) is 18.3 Å². The van der Waals surface area contributed by atoms with Crippen molar-refractivity contribution in [3.05, 3.63) is 0 Å². The van der Waals surface area contributed by atoms with Crippen LogP contribution in [0.25, 0.3) is 0 Å². The van der Waals surface area contributed by atoms with Gasteiger partial charge in [0.2, 0.25) is 0 Å². The van der Waals surface area contributed by atoms with Gasteiger partial charge in [-0.1, -0.05) is 6.92 Å². The van der Waals surface area contributed by atoms with Crippen molar-refractivity contribution in [1.82, 2.24) is 5.32 Å². The zero-order valence-electron chi connectivity index (χ0n) is 7.27. The van der Waals surface area contributed by atoms with E-state index in [9.17, 15) is 0 Å². The lowest BCUT2D eigenvalue weighted by Gasteiger charge is -2.09. The molecule has 0 heterocycles. The van der Waals surface area contributed by atoms with Crippen molar-refractivity contribution in [1.29, 1.82) is 0 Å². The van der Waals surface area contributed by atoms with E-state index in [0.717, 1.165) is 24.9 Å². The zero-order valence-corrected chi connectivity index (χ0v) is 7.27. The average molecular weight is 151 g/mol. The van der Waals surface area contributed by atoms with Crippen molar-refractivity contribution in [2.45, 2.75) is 38.6 Å². The van der Waals surface area contributed by atoms with Crippen LogP contribution >= 0.6 is 0 Å². The van der Waals surface area contributed by atoms with Crippen molar-refractivity contribution in [2.24, 2.45) is 5.92 Å². The van der Waals surface area contributed by atoms with E-state index >= 15 is 0 Å². The molecule has 11 heavy (non-hydrogen) atoms. The predicted molar refractivity (Wildman–Crippen MR) is 48.3 cm³/mol. The summed E-state index contributed by atoms with van der Waals surface area (Å²) in [5, 5.41) is 3.46. The van der Waals surface area contributed by atoms with Crippen LogP contribution in [0.4, 0.5) is 0 Å². The number of terminal acetylenes is 1. The van der Waals surface area contributed by atoms with Gasteiger partial charge < -0.3 is 5.32 Å². The summed E-state index contributed by atoms with van der Waals surface area (Å²) in [5.41, 5.74) is 0. The fraction of sp³-hybridized carbons (Fsp3) is 0.800. The zero-order chi connectivity index (χ0) is 8.10. The number of hydrogen-bond donors (Lipinski definition) is 1. The average Bonchev–Trinajstić information content (AvgIpc) is 2.38. The van der Waals surface area contributed by atoms with Crippen molar-refractivity contribution >= 4 is 0 Å². The van der Waals surface area contributed by atoms with Gasteiger partial charge in [0.1, 0.15) is 0 Å². The first-order chi connectivity index (χ1) is 5.36. The van der Waals surface area contributed by atoms with Gasteiger partial charge in [-0.3, -0.25) is 0 Å². The number of rotatable bonds is 3. The van der Waals surface area contributed by atoms with Crippen LogP contribution in [0.5, 0.6) is 0 Å². The van der Waals surface area contributed by atoms with Gasteiger partial charge in [-0.25, -0.2) is 0 Å². The van der Waals surface area contributed by atoms with Gasteiger partial charge in [0.15, 0.2) is 0 Å². The van der Waals surface area contributed by atoms with Crippen LogP contribution in [0.2, 0.25) is 0 Å². The molecule has 0 aliphatic heterocycles. The Balaban J connectivity index is 2.19. The van der Waals surface area contributed by atoms with Crippen LogP contribution in [-0.2, 0) is 0 Å². The molecule has 0 bridgehead atoms. The van der Waals surface area contributed by atoms with Gasteiger partial charge in [0.25, 0.3) is 0 Å². The van der Waals surface area contributed by atoms with Gasteiger partial charge in [-0.05, 0) is 31.7 Å². The minimum Gasteiger partial charge on any atom is -0.314 e. The molecule has 2 atom stereocenters. The quantitative estimate of drug-likeness (QED) is 0.606. The summed E-state index contributed by atoms with van der Waals surface area (Å²) in [6.45, 7) is 3.25. The summed E-state index contributed by atoms with van der Waals surface area (Å²) in [4.78, 5) is 0. The molecule has 1 nitrogen and oxygen atoms in total. The molecule has 1 N–H and O–H groups in total. The normalized spacial score (nSPS) is 30.2. The molecular formula is C10H17N. The predicted octanol–water partition coefficient (Wildman–Crippen LogP) is 1.79. The molecule has 0 saturated heterocycles. The molecule has 1 rings (SSSR count). The molecule has 0 radical (unpaired) electrons. The highest BCUT2D eigenvalue weighted by atomic mass is 14.9. The summed E-state index contributed by atoms with van der Waals surface area (Å²) in [5.74, 6) is 3.54. The Kier molecular flexibility index (Phi) is 3.45. The fourth-order valence-corrected chi connectivity index (χ4v) is 1.90. The van der Waals surface area contributed by atoms with Gasteiger partial charge in [-0.2, -0.15) is 0 Å². The Morgan fingerprint density at radius 1 is 1.55 bits per heavy atom. The van der Waals surface area contributed by atoms with E-state index in [1.165, 1.54) is 19.3 Å². The second-order valence-corrected chi connectivity index (χ2v) is 3.34. The SMILES string of the molecule is C#CCC1CCC(NCC)C1. The first-order valence-electron chi connectivity index (χ1n) is 4.53. The summed E-state index contributed by atoms with van der Waals surface area (Å²) in [6.07, 6.45) is 10.2. The molecular weight excluding hydrogens is 134 g/mol. The Morgan fingerprint density at radius 3 is 3.00 bits per heavy atom. The molecule has 1 saturated carbocycles. The van der Waals surface area contributed by atoms with E-state index in [0.29, 0.717) is 0 Å². The fourth-order valence-electron chi connectivity index (χ4n) is 1.90. The largest absolute Gasteiger partial charge is 0.314 e. The molecule has 0 aromatic carbocycles. The van der Waals surface area contributed by atoms with E-state index in [4.69, 9.17) is 6.42 Å². The Hall–Kier alpha value is -0.480. The van der Waals surface area contributed by atoms with Crippen LogP contribution in [0.15, 0.2) is 0 Å². The maximum atomic E-state index is 5.26. The first-order valence-corrected chi connectivity index (χ1v) is 4.53. The Morgan fingerprint density at radius 2 is 2.36 bits per heavy atom. The minimum atomic E-state index is 0.748. The van der Waals surface area contributed by atoms with Crippen LogP contribution < -0.4 is 5.32 Å². The van der Waals surface area contributed by atoms with Crippen LogP contribution in [0.3, 0.4) is 0 Å². The lowest BCUT2D eigenvalue weighted by atomic mass is 10.0. The van der Waals surface area contributed by atoms with Crippen LogP contribution in [-0.4, -0.2) is 12.6 Å². The summed E-state index contributed by atoms with van der Waals surface area (Å²) < 4.78 is 0. The third-order valence-corrected chi connectivity index (χ3v) is 2.44. The molecule has 1 aliphatic rings. The lowest BCUT2D eigenvalue weighted by molar-refractivity contribution is 0.502. The summed E-state index contributed by atoms with van der Waals surface area (Å²) >= 11 is 0. The molecule has 1 fully saturated rings. The smallest absolute Gasteiger partial charge is 0.0115 e. The highest BCUT2D eigenvalue weighted by Gasteiger charge is 2.22. The standard InChI is InChI=1S/C10H17N/c1-3-5-9-6-7-10(8-9)11-4-2/h1,9-11H,4-8H2,2H3. The van der Waals surface area contributed by atoms with E-state index < -0.39 is 0 Å². The van der Waals surface area contributed by atoms with Crippen molar-refractivity contribution in [3.63, 3.8) is 0 Å². The maximum absolute atomic E-state index is 5.26.